The fourth-order valence-electron chi connectivity index (χ4n) is 2.02. The van der Waals surface area contributed by atoms with Gasteiger partial charge in [0.2, 0.25) is 5.91 Å². The standard InChI is InChI=1S/C16H19NO2S/c1-19-10-9-16(18)17-14(15-8-5-11-20-15)12-13-6-3-2-4-7-13/h2-8,11,14H,9-10,12H2,1H3,(H,17,18)/t14-/m1/s1. The van der Waals surface area contributed by atoms with Crippen LogP contribution in [-0.2, 0) is 16.0 Å². The van der Waals surface area contributed by atoms with Crippen LogP contribution < -0.4 is 5.32 Å². The van der Waals surface area contributed by atoms with Crippen molar-refractivity contribution in [3.05, 3.63) is 58.3 Å². The molecule has 1 amide bonds. The van der Waals surface area contributed by atoms with Crippen molar-refractivity contribution < 1.29 is 9.53 Å². The Kier molecular flexibility index (Phi) is 5.77. The number of hydrogen-bond donors (Lipinski definition) is 1. The van der Waals surface area contributed by atoms with Gasteiger partial charge in [-0.25, -0.2) is 0 Å². The van der Waals surface area contributed by atoms with Crippen LogP contribution in [0.4, 0.5) is 0 Å². The minimum absolute atomic E-state index is 0.0289. The average Bonchev–Trinajstić information content (AvgIpc) is 3.00. The Morgan fingerprint density at radius 2 is 2.05 bits per heavy atom. The van der Waals surface area contributed by atoms with Crippen LogP contribution in [0.2, 0.25) is 0 Å². The van der Waals surface area contributed by atoms with E-state index in [1.807, 2.05) is 29.6 Å². The van der Waals surface area contributed by atoms with Crippen molar-refractivity contribution >= 4 is 17.2 Å². The molecule has 0 radical (unpaired) electrons. The Hall–Kier alpha value is -1.65. The topological polar surface area (TPSA) is 38.3 Å². The van der Waals surface area contributed by atoms with E-state index >= 15 is 0 Å². The van der Waals surface area contributed by atoms with E-state index in [1.54, 1.807) is 18.4 Å². The van der Waals surface area contributed by atoms with Crippen molar-refractivity contribution in [3.8, 4) is 0 Å². The maximum absolute atomic E-state index is 11.9. The lowest BCUT2D eigenvalue weighted by Gasteiger charge is -2.17. The summed E-state index contributed by atoms with van der Waals surface area (Å²) >= 11 is 1.67. The van der Waals surface area contributed by atoms with Gasteiger partial charge in [0.05, 0.1) is 12.6 Å². The maximum Gasteiger partial charge on any atom is 0.222 e. The van der Waals surface area contributed by atoms with E-state index in [0.29, 0.717) is 13.0 Å². The van der Waals surface area contributed by atoms with Gasteiger partial charge < -0.3 is 10.1 Å². The van der Waals surface area contributed by atoms with E-state index in [4.69, 9.17) is 4.74 Å². The highest BCUT2D eigenvalue weighted by Gasteiger charge is 2.16. The van der Waals surface area contributed by atoms with Gasteiger partial charge in [-0.2, -0.15) is 0 Å². The van der Waals surface area contributed by atoms with E-state index in [-0.39, 0.29) is 11.9 Å². The number of benzene rings is 1. The minimum atomic E-state index is 0.0289. The number of carbonyl (C=O) groups is 1. The first kappa shape index (κ1) is 14.8. The highest BCUT2D eigenvalue weighted by Crippen LogP contribution is 2.23. The molecule has 1 aromatic carbocycles. The summed E-state index contributed by atoms with van der Waals surface area (Å²) in [5, 5.41) is 5.13. The fourth-order valence-corrected chi connectivity index (χ4v) is 2.80. The lowest BCUT2D eigenvalue weighted by molar-refractivity contribution is -0.122. The molecule has 0 saturated carbocycles. The Morgan fingerprint density at radius 1 is 1.25 bits per heavy atom. The van der Waals surface area contributed by atoms with E-state index in [9.17, 15) is 4.79 Å². The van der Waals surface area contributed by atoms with Crippen LogP contribution in [0, 0.1) is 0 Å². The lowest BCUT2D eigenvalue weighted by Crippen LogP contribution is -2.30. The Bertz CT molecular complexity index is 511. The number of nitrogens with one attached hydrogen (secondary N) is 1. The Morgan fingerprint density at radius 3 is 2.70 bits per heavy atom. The highest BCUT2D eigenvalue weighted by molar-refractivity contribution is 7.10. The third-order valence-electron chi connectivity index (χ3n) is 3.04. The smallest absolute Gasteiger partial charge is 0.222 e. The van der Waals surface area contributed by atoms with E-state index < -0.39 is 0 Å². The van der Waals surface area contributed by atoms with Gasteiger partial charge in [-0.1, -0.05) is 36.4 Å². The van der Waals surface area contributed by atoms with Gasteiger partial charge >= 0.3 is 0 Å². The number of ether oxygens (including phenoxy) is 1. The summed E-state index contributed by atoms with van der Waals surface area (Å²) < 4.78 is 4.94. The summed E-state index contributed by atoms with van der Waals surface area (Å²) in [6, 6.07) is 14.3. The number of rotatable bonds is 7. The molecular weight excluding hydrogens is 270 g/mol. The first-order chi connectivity index (χ1) is 9.79. The molecule has 0 aliphatic carbocycles. The van der Waals surface area contributed by atoms with E-state index in [2.05, 4.69) is 23.5 Å². The van der Waals surface area contributed by atoms with Gasteiger partial charge in [-0.15, -0.1) is 11.3 Å². The van der Waals surface area contributed by atoms with E-state index in [0.717, 1.165) is 6.42 Å². The van der Waals surface area contributed by atoms with Crippen LogP contribution in [0.1, 0.15) is 22.9 Å². The van der Waals surface area contributed by atoms with Gasteiger partial charge in [0.25, 0.3) is 0 Å². The molecule has 1 aromatic heterocycles. The lowest BCUT2D eigenvalue weighted by atomic mass is 10.0. The SMILES string of the molecule is COCCC(=O)N[C@H](Cc1ccccc1)c1cccs1. The first-order valence-corrected chi connectivity index (χ1v) is 7.53. The minimum Gasteiger partial charge on any atom is -0.384 e. The number of hydrogen-bond acceptors (Lipinski definition) is 3. The molecule has 3 nitrogen and oxygen atoms in total. The Balaban J connectivity index is 2.04. The van der Waals surface area contributed by atoms with Crippen molar-refractivity contribution in [3.63, 3.8) is 0 Å². The first-order valence-electron chi connectivity index (χ1n) is 6.65. The predicted molar refractivity (Wildman–Crippen MR) is 81.8 cm³/mol. The molecule has 2 aromatic rings. The van der Waals surface area contributed by atoms with E-state index in [1.165, 1.54) is 10.4 Å². The zero-order valence-electron chi connectivity index (χ0n) is 11.5. The highest BCUT2D eigenvalue weighted by atomic mass is 32.1. The summed E-state index contributed by atoms with van der Waals surface area (Å²) in [5.41, 5.74) is 1.22. The molecule has 0 aliphatic heterocycles. The van der Waals surface area contributed by atoms with Crippen molar-refractivity contribution in [2.45, 2.75) is 18.9 Å². The average molecular weight is 289 g/mol. The maximum atomic E-state index is 11.9. The fraction of sp³-hybridized carbons (Fsp3) is 0.312. The van der Waals surface area contributed by atoms with Gasteiger partial charge in [0.15, 0.2) is 0 Å². The summed E-state index contributed by atoms with van der Waals surface area (Å²) in [5.74, 6) is 0.0289. The molecule has 1 N–H and O–H groups in total. The normalized spacial score (nSPS) is 12.1. The van der Waals surface area contributed by atoms with Crippen molar-refractivity contribution in [2.75, 3.05) is 13.7 Å². The molecule has 20 heavy (non-hydrogen) atoms. The molecule has 106 valence electrons. The largest absolute Gasteiger partial charge is 0.384 e. The molecule has 0 saturated heterocycles. The van der Waals surface area contributed by atoms with Gasteiger partial charge in [0.1, 0.15) is 0 Å². The molecule has 2 rings (SSSR count). The summed E-state index contributed by atoms with van der Waals surface area (Å²) in [6.45, 7) is 0.453. The number of carbonyl (C=O) groups excluding carboxylic acids is 1. The predicted octanol–water partition coefficient (Wildman–Crippen LogP) is 3.18. The second kappa shape index (κ2) is 7.82. The zero-order valence-corrected chi connectivity index (χ0v) is 12.4. The van der Waals surface area contributed by atoms with Crippen molar-refractivity contribution in [1.82, 2.24) is 5.32 Å². The molecule has 1 atom stereocenters. The number of amides is 1. The van der Waals surface area contributed by atoms with Crippen molar-refractivity contribution in [2.24, 2.45) is 0 Å². The van der Waals surface area contributed by atoms with Crippen LogP contribution in [0.5, 0.6) is 0 Å². The van der Waals surface area contributed by atoms with Crippen LogP contribution in [0.25, 0.3) is 0 Å². The monoisotopic (exact) mass is 289 g/mol. The number of methoxy groups -OCH3 is 1. The van der Waals surface area contributed by atoms with Gasteiger partial charge in [-0.05, 0) is 23.4 Å². The third-order valence-corrected chi connectivity index (χ3v) is 4.02. The molecule has 1 heterocycles. The molecule has 0 aliphatic rings. The second-order valence-electron chi connectivity index (χ2n) is 4.57. The summed E-state index contributed by atoms with van der Waals surface area (Å²) in [6.07, 6.45) is 1.20. The Labute approximate surface area is 123 Å². The van der Waals surface area contributed by atoms with Crippen LogP contribution in [0.3, 0.4) is 0 Å². The van der Waals surface area contributed by atoms with Crippen molar-refractivity contribution in [1.29, 1.82) is 0 Å². The van der Waals surface area contributed by atoms with Crippen LogP contribution in [-0.4, -0.2) is 19.6 Å². The quantitative estimate of drug-likeness (QED) is 0.850. The summed E-state index contributed by atoms with van der Waals surface area (Å²) in [7, 11) is 1.61. The second-order valence-corrected chi connectivity index (χ2v) is 5.55. The zero-order chi connectivity index (χ0) is 14.2. The molecule has 0 fully saturated rings. The van der Waals surface area contributed by atoms with Gasteiger partial charge in [-0.3, -0.25) is 4.79 Å². The molecule has 0 spiro atoms. The molecule has 0 bridgehead atoms. The van der Waals surface area contributed by atoms with Crippen LogP contribution >= 0.6 is 11.3 Å². The molecule has 0 unspecified atom stereocenters. The van der Waals surface area contributed by atoms with Crippen LogP contribution in [0.15, 0.2) is 47.8 Å². The third kappa shape index (κ3) is 4.47. The summed E-state index contributed by atoms with van der Waals surface area (Å²) in [4.78, 5) is 13.1. The van der Waals surface area contributed by atoms with Gasteiger partial charge in [0, 0.05) is 18.4 Å². The molecule has 4 heteroatoms. The number of thiophene rings is 1. The molecular formula is C16H19NO2S.